The molecule has 0 saturated carbocycles. The molecule has 1 aliphatic carbocycles. The highest BCUT2D eigenvalue weighted by Gasteiger charge is 2.19. The van der Waals surface area contributed by atoms with E-state index in [9.17, 15) is 5.11 Å². The lowest BCUT2D eigenvalue weighted by Crippen LogP contribution is -2.12. The van der Waals surface area contributed by atoms with Crippen molar-refractivity contribution in [2.45, 2.75) is 65.7 Å². The zero-order valence-corrected chi connectivity index (χ0v) is 18.5. The van der Waals surface area contributed by atoms with Crippen LogP contribution in [0.25, 0.3) is 11.1 Å². The molecule has 0 bridgehead atoms. The van der Waals surface area contributed by atoms with Crippen LogP contribution in [-0.2, 0) is 18.3 Å². The first-order valence-corrected chi connectivity index (χ1v) is 10.8. The Balaban J connectivity index is 0.000000168. The average Bonchev–Trinajstić information content (AvgIpc) is 3.05. The summed E-state index contributed by atoms with van der Waals surface area (Å²) in [5, 5.41) is 9.98. The largest absolute Gasteiger partial charge is 0.508 e. The summed E-state index contributed by atoms with van der Waals surface area (Å²) in [7, 11) is 0. The minimum Gasteiger partial charge on any atom is -0.508 e. The van der Waals surface area contributed by atoms with Crippen LogP contribution in [0.4, 0.5) is 0 Å². The lowest BCUT2D eigenvalue weighted by Gasteiger charge is -2.22. The number of aromatic hydroxyl groups is 1. The molecule has 0 heterocycles. The van der Waals surface area contributed by atoms with Crippen molar-refractivity contribution in [1.29, 1.82) is 0 Å². The minimum atomic E-state index is 0.0126. The molecule has 1 heteroatoms. The summed E-state index contributed by atoms with van der Waals surface area (Å²) in [5.74, 6) is 0.435. The molecule has 0 saturated heterocycles. The first-order valence-electron chi connectivity index (χ1n) is 10.8. The van der Waals surface area contributed by atoms with Gasteiger partial charge >= 0.3 is 0 Å². The fourth-order valence-corrected chi connectivity index (χ4v) is 4.05. The van der Waals surface area contributed by atoms with Crippen molar-refractivity contribution in [2.75, 3.05) is 0 Å². The second-order valence-electron chi connectivity index (χ2n) is 9.14. The Bertz CT molecular complexity index is 932. The topological polar surface area (TPSA) is 20.2 Å². The number of hydrogen-bond donors (Lipinski definition) is 1. The number of unbranched alkanes of at least 4 members (excludes halogenated alkanes) is 1. The molecular formula is C28H34O. The van der Waals surface area contributed by atoms with Crippen LogP contribution in [0.5, 0.6) is 5.75 Å². The van der Waals surface area contributed by atoms with E-state index in [1.54, 1.807) is 0 Å². The van der Waals surface area contributed by atoms with Crippen LogP contribution in [0, 0.1) is 6.92 Å². The number of aryl methyl sites for hydroxylation is 2. The van der Waals surface area contributed by atoms with Gasteiger partial charge in [0, 0.05) is 0 Å². The second kappa shape index (κ2) is 8.86. The molecule has 0 amide bonds. The summed E-state index contributed by atoms with van der Waals surface area (Å²) < 4.78 is 0. The monoisotopic (exact) mass is 386 g/mol. The Morgan fingerprint density at radius 3 is 1.93 bits per heavy atom. The van der Waals surface area contributed by atoms with Gasteiger partial charge in [0.15, 0.2) is 0 Å². The average molecular weight is 387 g/mol. The summed E-state index contributed by atoms with van der Waals surface area (Å²) >= 11 is 0. The van der Waals surface area contributed by atoms with Crippen LogP contribution in [0.2, 0.25) is 0 Å². The van der Waals surface area contributed by atoms with Crippen LogP contribution >= 0.6 is 0 Å². The Hall–Kier alpha value is -2.54. The van der Waals surface area contributed by atoms with E-state index < -0.39 is 0 Å². The highest BCUT2D eigenvalue weighted by atomic mass is 16.3. The van der Waals surface area contributed by atoms with Crippen molar-refractivity contribution >= 4 is 0 Å². The number of fused-ring (bicyclic) bond motifs is 3. The number of phenolic OH excluding ortho intramolecular Hbond substituents is 1. The van der Waals surface area contributed by atoms with Crippen molar-refractivity contribution < 1.29 is 5.11 Å². The summed E-state index contributed by atoms with van der Waals surface area (Å²) in [6.07, 6.45) is 4.65. The van der Waals surface area contributed by atoms with Gasteiger partial charge < -0.3 is 5.11 Å². The first-order chi connectivity index (χ1) is 13.8. The number of rotatable bonds is 3. The maximum Gasteiger partial charge on any atom is 0.119 e. The quantitative estimate of drug-likeness (QED) is 0.384. The molecule has 3 aromatic rings. The molecule has 0 unspecified atom stereocenters. The normalized spacial score (nSPS) is 12.0. The van der Waals surface area contributed by atoms with E-state index in [1.165, 1.54) is 46.2 Å². The second-order valence-corrected chi connectivity index (χ2v) is 9.14. The molecule has 0 fully saturated rings. The predicted molar refractivity (Wildman–Crippen MR) is 125 cm³/mol. The van der Waals surface area contributed by atoms with Gasteiger partial charge in [0.2, 0.25) is 0 Å². The lowest BCUT2D eigenvalue weighted by atomic mass is 9.84. The van der Waals surface area contributed by atoms with E-state index in [-0.39, 0.29) is 5.41 Å². The number of hydrogen-bond acceptors (Lipinski definition) is 1. The zero-order valence-electron chi connectivity index (χ0n) is 18.5. The number of phenols is 1. The highest BCUT2D eigenvalue weighted by molar-refractivity contribution is 5.76. The molecule has 0 aliphatic heterocycles. The van der Waals surface area contributed by atoms with Crippen molar-refractivity contribution in [1.82, 2.24) is 0 Å². The smallest absolute Gasteiger partial charge is 0.119 e. The lowest BCUT2D eigenvalue weighted by molar-refractivity contribution is 0.445. The van der Waals surface area contributed by atoms with E-state index in [0.29, 0.717) is 5.75 Å². The molecule has 29 heavy (non-hydrogen) atoms. The Morgan fingerprint density at radius 1 is 0.862 bits per heavy atom. The molecule has 152 valence electrons. The molecular weight excluding hydrogens is 352 g/mol. The van der Waals surface area contributed by atoms with Crippen LogP contribution in [0.15, 0.2) is 60.7 Å². The van der Waals surface area contributed by atoms with Crippen LogP contribution < -0.4 is 0 Å². The molecule has 0 radical (unpaired) electrons. The van der Waals surface area contributed by atoms with Gasteiger partial charge in [-0.1, -0.05) is 88.7 Å². The van der Waals surface area contributed by atoms with Crippen LogP contribution in [-0.4, -0.2) is 5.11 Å². The van der Waals surface area contributed by atoms with Crippen molar-refractivity contribution in [3.8, 4) is 16.9 Å². The summed E-state index contributed by atoms with van der Waals surface area (Å²) in [5.41, 5.74) is 9.41. The molecule has 0 spiro atoms. The van der Waals surface area contributed by atoms with Gasteiger partial charge in [0.05, 0.1) is 0 Å². The first kappa shape index (κ1) is 21.2. The fraction of sp³-hybridized carbons (Fsp3) is 0.357. The van der Waals surface area contributed by atoms with Crippen LogP contribution in [0.3, 0.4) is 0 Å². The van der Waals surface area contributed by atoms with Gasteiger partial charge in [0.1, 0.15) is 5.75 Å². The van der Waals surface area contributed by atoms with Crippen LogP contribution in [0.1, 0.15) is 68.4 Å². The van der Waals surface area contributed by atoms with Gasteiger partial charge in [-0.2, -0.15) is 0 Å². The van der Waals surface area contributed by atoms with Crippen molar-refractivity contribution in [2.24, 2.45) is 0 Å². The van der Waals surface area contributed by atoms with E-state index in [1.807, 2.05) is 6.07 Å². The third kappa shape index (κ3) is 4.90. The van der Waals surface area contributed by atoms with Crippen molar-refractivity contribution in [3.05, 3.63) is 88.5 Å². The molecule has 1 N–H and O–H groups in total. The summed E-state index contributed by atoms with van der Waals surface area (Å²) in [6.45, 7) is 10.7. The van der Waals surface area contributed by atoms with Gasteiger partial charge in [-0.25, -0.2) is 0 Å². The third-order valence-electron chi connectivity index (χ3n) is 5.77. The molecule has 0 aromatic heterocycles. The fourth-order valence-electron chi connectivity index (χ4n) is 4.05. The summed E-state index contributed by atoms with van der Waals surface area (Å²) in [6, 6.07) is 21.4. The molecule has 3 aromatic carbocycles. The standard InChI is InChI=1S/C15H24O.C13H10/c1-6-7-8-12-10-13(15(3,4)5)14(16)9-11(12)2;1-3-7-12-10(5-1)9-11-6-2-4-8-13(11)12/h9-10,16H,6-8H2,1-5H3;1-8H,9H2. The Morgan fingerprint density at radius 2 is 1.41 bits per heavy atom. The van der Waals surface area contributed by atoms with E-state index >= 15 is 0 Å². The molecule has 0 atom stereocenters. The zero-order chi connectivity index (χ0) is 21.0. The summed E-state index contributed by atoms with van der Waals surface area (Å²) in [4.78, 5) is 0. The van der Waals surface area contributed by atoms with E-state index in [2.05, 4.69) is 89.2 Å². The number of benzene rings is 3. The van der Waals surface area contributed by atoms with E-state index in [4.69, 9.17) is 0 Å². The molecule has 1 aliphatic rings. The molecule has 1 nitrogen and oxygen atoms in total. The Labute approximate surface area is 176 Å². The van der Waals surface area contributed by atoms with E-state index in [0.717, 1.165) is 18.4 Å². The van der Waals surface area contributed by atoms with Gasteiger partial charge in [-0.05, 0) is 76.6 Å². The molecule has 4 rings (SSSR count). The highest BCUT2D eigenvalue weighted by Crippen LogP contribution is 2.36. The third-order valence-corrected chi connectivity index (χ3v) is 5.77. The SMILES string of the molecule is CCCCc1cc(C(C)(C)C)c(O)cc1C.c1ccc2c(c1)Cc1ccccc1-2. The van der Waals surface area contributed by atoms with Gasteiger partial charge in [-0.3, -0.25) is 0 Å². The predicted octanol–water partition coefficient (Wildman–Crippen LogP) is 7.60. The van der Waals surface area contributed by atoms with Crippen molar-refractivity contribution in [3.63, 3.8) is 0 Å². The maximum absolute atomic E-state index is 9.98. The van der Waals surface area contributed by atoms with Gasteiger partial charge in [0.25, 0.3) is 0 Å². The Kier molecular flexibility index (Phi) is 6.47. The van der Waals surface area contributed by atoms with Gasteiger partial charge in [-0.15, -0.1) is 0 Å². The minimum absolute atomic E-state index is 0.0126. The maximum atomic E-state index is 9.98.